The van der Waals surface area contributed by atoms with Gasteiger partial charge in [0.2, 0.25) is 0 Å². The van der Waals surface area contributed by atoms with Gasteiger partial charge in [0.15, 0.2) is 11.5 Å². The van der Waals surface area contributed by atoms with Gasteiger partial charge in [0.25, 0.3) is 0 Å². The third kappa shape index (κ3) is 3.43. The summed E-state index contributed by atoms with van der Waals surface area (Å²) in [6.07, 6.45) is -0.935. The third-order valence-electron chi connectivity index (χ3n) is 2.08. The van der Waals surface area contributed by atoms with Gasteiger partial charge in [0.05, 0.1) is 1.37 Å². The molecule has 16 heavy (non-hydrogen) atoms. The zero-order valence-electron chi connectivity index (χ0n) is 10.6. The Morgan fingerprint density at radius 3 is 2.75 bits per heavy atom. The number of aryl methyl sites for hydroxylation is 1. The summed E-state index contributed by atoms with van der Waals surface area (Å²) < 4.78 is 14.9. The first kappa shape index (κ1) is 9.47. The van der Waals surface area contributed by atoms with Gasteiger partial charge in [0, 0.05) is 1.37 Å². The standard InChI is InChI=1S/C11H15NO4/c12-8(11(15)16)3-1-2-7-4-5-9(13)10(14)6-7/h4-6,8,13-14H,1-3,12H2,(H,15,16)/i3D,8D. The molecule has 0 bridgehead atoms. The summed E-state index contributed by atoms with van der Waals surface area (Å²) in [7, 11) is 0. The molecule has 0 saturated heterocycles. The highest BCUT2D eigenvalue weighted by atomic mass is 16.4. The molecule has 0 aliphatic rings. The zero-order valence-corrected chi connectivity index (χ0v) is 8.55. The number of aromatic hydroxyl groups is 2. The summed E-state index contributed by atoms with van der Waals surface area (Å²) in [5.41, 5.74) is 5.84. The van der Waals surface area contributed by atoms with Crippen LogP contribution in [0.5, 0.6) is 11.5 Å². The van der Waals surface area contributed by atoms with E-state index in [1.165, 1.54) is 12.1 Å². The lowest BCUT2D eigenvalue weighted by molar-refractivity contribution is -0.138. The Labute approximate surface area is 96.0 Å². The predicted octanol–water partition coefficient (Wildman–Crippen LogP) is 0.832. The lowest BCUT2D eigenvalue weighted by Gasteiger charge is -2.06. The Bertz CT molecular complexity index is 451. The molecule has 2 atom stereocenters. The van der Waals surface area contributed by atoms with Crippen molar-refractivity contribution in [2.24, 2.45) is 5.73 Å². The maximum Gasteiger partial charge on any atom is 0.320 e. The Hall–Kier alpha value is -1.75. The molecule has 1 aromatic rings. The highest BCUT2D eigenvalue weighted by Crippen LogP contribution is 2.25. The minimum atomic E-state index is -2.35. The monoisotopic (exact) mass is 227 g/mol. The van der Waals surface area contributed by atoms with Crippen molar-refractivity contribution in [3.05, 3.63) is 23.8 Å². The van der Waals surface area contributed by atoms with E-state index in [1.807, 2.05) is 0 Å². The van der Waals surface area contributed by atoms with Crippen molar-refractivity contribution in [1.82, 2.24) is 0 Å². The third-order valence-corrected chi connectivity index (χ3v) is 2.08. The van der Waals surface area contributed by atoms with Crippen LogP contribution in [0, 0.1) is 0 Å². The van der Waals surface area contributed by atoms with E-state index < -0.39 is 18.4 Å². The first-order valence-electron chi connectivity index (χ1n) is 5.78. The number of hydrogen-bond acceptors (Lipinski definition) is 4. The maximum atomic E-state index is 10.7. The van der Waals surface area contributed by atoms with E-state index in [1.54, 1.807) is 6.07 Å². The number of carboxylic acids is 1. The van der Waals surface area contributed by atoms with E-state index in [4.69, 9.17) is 18.7 Å². The fraction of sp³-hybridized carbons (Fsp3) is 0.364. The average Bonchev–Trinajstić information content (AvgIpc) is 2.30. The minimum absolute atomic E-state index is 0.0660. The van der Waals surface area contributed by atoms with Gasteiger partial charge in [-0.2, -0.15) is 0 Å². The van der Waals surface area contributed by atoms with E-state index in [2.05, 4.69) is 0 Å². The molecule has 0 aromatic heterocycles. The van der Waals surface area contributed by atoms with Crippen molar-refractivity contribution < 1.29 is 22.9 Å². The molecule has 5 N–H and O–H groups in total. The van der Waals surface area contributed by atoms with Crippen LogP contribution < -0.4 is 5.73 Å². The molecule has 0 aliphatic heterocycles. The topological polar surface area (TPSA) is 104 Å². The summed E-state index contributed by atoms with van der Waals surface area (Å²) in [4.78, 5) is 10.7. The molecule has 5 nitrogen and oxygen atoms in total. The van der Waals surface area contributed by atoms with Gasteiger partial charge in [-0.25, -0.2) is 0 Å². The van der Waals surface area contributed by atoms with Crippen LogP contribution in [0.3, 0.4) is 0 Å². The maximum absolute atomic E-state index is 10.7. The van der Waals surface area contributed by atoms with Crippen LogP contribution >= 0.6 is 0 Å². The Kier molecular flexibility index (Phi) is 3.18. The van der Waals surface area contributed by atoms with Crippen LogP contribution in [0.2, 0.25) is 0 Å². The summed E-state index contributed by atoms with van der Waals surface area (Å²) in [6, 6.07) is 1.83. The number of hydrogen-bond donors (Lipinski definition) is 4. The van der Waals surface area contributed by atoms with Crippen LogP contribution in [-0.2, 0) is 11.2 Å². The SMILES string of the molecule is [2H]C(CCc1ccc(O)c(O)c1)C([2H])(N)C(=O)O. The van der Waals surface area contributed by atoms with E-state index in [-0.39, 0.29) is 24.3 Å². The molecule has 0 spiro atoms. The van der Waals surface area contributed by atoms with Gasteiger partial charge < -0.3 is 21.1 Å². The van der Waals surface area contributed by atoms with Gasteiger partial charge in [-0.05, 0) is 36.9 Å². The number of nitrogens with two attached hydrogens (primary N) is 1. The van der Waals surface area contributed by atoms with Crippen LogP contribution in [0.1, 0.15) is 21.1 Å². The normalized spacial score (nSPS) is 18.1. The van der Waals surface area contributed by atoms with E-state index >= 15 is 0 Å². The van der Waals surface area contributed by atoms with Gasteiger partial charge in [-0.15, -0.1) is 0 Å². The second kappa shape index (κ2) is 5.37. The molecule has 1 rings (SSSR count). The summed E-state index contributed by atoms with van der Waals surface area (Å²) in [5.74, 6) is -2.08. The number of carbonyl (C=O) groups is 1. The quantitative estimate of drug-likeness (QED) is 0.558. The lowest BCUT2D eigenvalue weighted by atomic mass is 10.0. The largest absolute Gasteiger partial charge is 0.504 e. The fourth-order valence-corrected chi connectivity index (χ4v) is 1.21. The van der Waals surface area contributed by atoms with Crippen molar-refractivity contribution >= 4 is 5.97 Å². The van der Waals surface area contributed by atoms with Gasteiger partial charge >= 0.3 is 5.97 Å². The van der Waals surface area contributed by atoms with Crippen LogP contribution in [-0.4, -0.2) is 27.3 Å². The van der Waals surface area contributed by atoms with Gasteiger partial charge in [-0.3, -0.25) is 4.79 Å². The van der Waals surface area contributed by atoms with Crippen LogP contribution in [0.4, 0.5) is 0 Å². The van der Waals surface area contributed by atoms with E-state index in [9.17, 15) is 9.90 Å². The molecule has 1 aromatic carbocycles. The molecule has 0 aliphatic carbocycles. The molecule has 0 heterocycles. The second-order valence-electron chi connectivity index (χ2n) is 3.33. The summed E-state index contributed by atoms with van der Waals surface area (Å²) >= 11 is 0. The number of rotatable bonds is 5. The minimum Gasteiger partial charge on any atom is -0.504 e. The van der Waals surface area contributed by atoms with Crippen LogP contribution in [0.25, 0.3) is 0 Å². The number of carboxylic acid groups (broad SMARTS) is 1. The van der Waals surface area contributed by atoms with E-state index in [0.29, 0.717) is 5.56 Å². The summed E-state index contributed by atoms with van der Waals surface area (Å²) in [5, 5.41) is 27.1. The van der Waals surface area contributed by atoms with Gasteiger partial charge in [-0.1, -0.05) is 6.07 Å². The Morgan fingerprint density at radius 2 is 2.19 bits per heavy atom. The van der Waals surface area contributed by atoms with Crippen molar-refractivity contribution in [1.29, 1.82) is 0 Å². The Morgan fingerprint density at radius 1 is 1.50 bits per heavy atom. The molecule has 5 heteroatoms. The van der Waals surface area contributed by atoms with Crippen molar-refractivity contribution in [3.63, 3.8) is 0 Å². The highest BCUT2D eigenvalue weighted by Gasteiger charge is 2.10. The fourth-order valence-electron chi connectivity index (χ4n) is 1.21. The van der Waals surface area contributed by atoms with Crippen molar-refractivity contribution in [3.8, 4) is 11.5 Å². The average molecular weight is 227 g/mol. The molecule has 0 amide bonds. The summed E-state index contributed by atoms with van der Waals surface area (Å²) in [6.45, 7) is 0. The van der Waals surface area contributed by atoms with E-state index in [0.717, 1.165) is 0 Å². The van der Waals surface area contributed by atoms with Gasteiger partial charge in [0.1, 0.15) is 6.02 Å². The zero-order chi connectivity index (χ0) is 13.9. The molecule has 0 radical (unpaired) electrons. The Balaban J connectivity index is 2.65. The molecule has 0 saturated carbocycles. The smallest absolute Gasteiger partial charge is 0.320 e. The molecular formula is C11H15NO4. The van der Waals surface area contributed by atoms with Crippen molar-refractivity contribution in [2.45, 2.75) is 25.3 Å². The molecule has 88 valence electrons. The second-order valence-corrected chi connectivity index (χ2v) is 3.33. The first-order chi connectivity index (χ1) is 8.25. The number of aliphatic carboxylic acids is 1. The molecule has 2 unspecified atom stereocenters. The lowest BCUT2D eigenvalue weighted by Crippen LogP contribution is -2.29. The number of phenolic OH excluding ortho intramolecular Hbond substituents is 2. The van der Waals surface area contributed by atoms with Crippen molar-refractivity contribution in [2.75, 3.05) is 0 Å². The number of phenols is 2. The highest BCUT2D eigenvalue weighted by molar-refractivity contribution is 5.72. The number of benzene rings is 1. The molecular weight excluding hydrogens is 210 g/mol. The predicted molar refractivity (Wildman–Crippen MR) is 58.3 cm³/mol. The first-order valence-corrected chi connectivity index (χ1v) is 4.70. The molecule has 0 fully saturated rings. The van der Waals surface area contributed by atoms with Crippen LogP contribution in [0.15, 0.2) is 18.2 Å².